The molecule has 4 nitrogen and oxygen atoms in total. The fourth-order valence-corrected chi connectivity index (χ4v) is 4.43. The molecule has 0 radical (unpaired) electrons. The van der Waals surface area contributed by atoms with Crippen LogP contribution in [-0.2, 0) is 16.4 Å². The quantitative estimate of drug-likeness (QED) is 0.841. The predicted octanol–water partition coefficient (Wildman–Crippen LogP) is 3.24. The summed E-state index contributed by atoms with van der Waals surface area (Å²) in [5, 5.41) is 3.25. The van der Waals surface area contributed by atoms with Crippen molar-refractivity contribution in [2.24, 2.45) is 0 Å². The molecule has 0 saturated heterocycles. The summed E-state index contributed by atoms with van der Waals surface area (Å²) >= 11 is 0. The molecule has 1 aromatic rings. The topological polar surface area (TPSA) is 49.4 Å². The standard InChI is InChI=1S/C16H26N2O2S/c1-4-6-11-18(13(3)5-2)21(19,20)15-8-7-14-9-10-17-16(14)12-15/h7-8,12-13,17H,4-6,9-11H2,1-3H3. The molecule has 2 rings (SSSR count). The van der Waals surface area contributed by atoms with Crippen LogP contribution in [0.15, 0.2) is 23.1 Å². The normalized spacial score (nSPS) is 15.8. The van der Waals surface area contributed by atoms with Gasteiger partial charge in [-0.05, 0) is 43.9 Å². The number of sulfonamides is 1. The lowest BCUT2D eigenvalue weighted by Gasteiger charge is -2.27. The van der Waals surface area contributed by atoms with E-state index < -0.39 is 10.0 Å². The summed E-state index contributed by atoms with van der Waals surface area (Å²) in [7, 11) is -3.41. The van der Waals surface area contributed by atoms with Gasteiger partial charge in [-0.3, -0.25) is 0 Å². The van der Waals surface area contributed by atoms with E-state index in [9.17, 15) is 8.42 Å². The molecule has 1 aliphatic rings. The highest BCUT2D eigenvalue weighted by atomic mass is 32.2. The van der Waals surface area contributed by atoms with Crippen molar-refractivity contribution in [2.45, 2.75) is 57.4 Å². The van der Waals surface area contributed by atoms with Gasteiger partial charge in [-0.25, -0.2) is 8.42 Å². The number of nitrogens with zero attached hydrogens (tertiary/aromatic N) is 1. The molecule has 0 saturated carbocycles. The van der Waals surface area contributed by atoms with E-state index in [0.29, 0.717) is 11.4 Å². The van der Waals surface area contributed by atoms with Gasteiger partial charge in [0.15, 0.2) is 0 Å². The molecule has 21 heavy (non-hydrogen) atoms. The second-order valence-electron chi connectivity index (χ2n) is 5.72. The lowest BCUT2D eigenvalue weighted by molar-refractivity contribution is 0.324. The van der Waals surface area contributed by atoms with Gasteiger partial charge < -0.3 is 5.32 Å². The molecule has 0 amide bonds. The molecule has 1 atom stereocenters. The van der Waals surface area contributed by atoms with Gasteiger partial charge in [-0.15, -0.1) is 0 Å². The Morgan fingerprint density at radius 2 is 2.10 bits per heavy atom. The van der Waals surface area contributed by atoms with Crippen LogP contribution in [0, 0.1) is 0 Å². The molecule has 1 unspecified atom stereocenters. The second kappa shape index (κ2) is 6.79. The van der Waals surface area contributed by atoms with Gasteiger partial charge in [0.2, 0.25) is 10.0 Å². The van der Waals surface area contributed by atoms with E-state index in [1.807, 2.05) is 19.9 Å². The summed E-state index contributed by atoms with van der Waals surface area (Å²) in [4.78, 5) is 0.409. The van der Waals surface area contributed by atoms with Gasteiger partial charge >= 0.3 is 0 Å². The molecule has 5 heteroatoms. The third kappa shape index (κ3) is 3.40. The Hall–Kier alpha value is -1.07. The lowest BCUT2D eigenvalue weighted by Crippen LogP contribution is -2.39. The Labute approximate surface area is 128 Å². The minimum Gasteiger partial charge on any atom is -0.384 e. The van der Waals surface area contributed by atoms with Crippen molar-refractivity contribution in [3.05, 3.63) is 23.8 Å². The van der Waals surface area contributed by atoms with Crippen LogP contribution < -0.4 is 5.32 Å². The Morgan fingerprint density at radius 1 is 1.33 bits per heavy atom. The number of fused-ring (bicyclic) bond motifs is 1. The molecule has 1 N–H and O–H groups in total. The Kier molecular flexibility index (Phi) is 5.27. The van der Waals surface area contributed by atoms with E-state index in [2.05, 4.69) is 12.2 Å². The summed E-state index contributed by atoms with van der Waals surface area (Å²) in [5.41, 5.74) is 2.17. The molecule has 0 spiro atoms. The number of hydrogen-bond donors (Lipinski definition) is 1. The van der Waals surface area contributed by atoms with Gasteiger partial charge in [0.1, 0.15) is 0 Å². The first-order chi connectivity index (χ1) is 10.0. The lowest BCUT2D eigenvalue weighted by atomic mass is 10.2. The Morgan fingerprint density at radius 3 is 2.76 bits per heavy atom. The number of anilines is 1. The van der Waals surface area contributed by atoms with Crippen LogP contribution in [0.25, 0.3) is 0 Å². The molecule has 1 heterocycles. The molecule has 1 aliphatic heterocycles. The van der Waals surface area contributed by atoms with Crippen molar-refractivity contribution < 1.29 is 8.42 Å². The number of nitrogens with one attached hydrogen (secondary N) is 1. The van der Waals surface area contributed by atoms with Crippen molar-refractivity contribution in [1.29, 1.82) is 0 Å². The van der Waals surface area contributed by atoms with Crippen molar-refractivity contribution in [3.63, 3.8) is 0 Å². The smallest absolute Gasteiger partial charge is 0.243 e. The number of rotatable bonds is 7. The first-order valence-electron chi connectivity index (χ1n) is 7.89. The molecular formula is C16H26N2O2S. The summed E-state index contributed by atoms with van der Waals surface area (Å²) in [6.07, 6.45) is 3.69. The Balaban J connectivity index is 2.33. The van der Waals surface area contributed by atoms with Gasteiger partial charge in [-0.2, -0.15) is 4.31 Å². The monoisotopic (exact) mass is 310 g/mol. The summed E-state index contributed by atoms with van der Waals surface area (Å²) in [6.45, 7) is 7.59. The molecule has 0 bridgehead atoms. The number of benzene rings is 1. The van der Waals surface area contributed by atoms with E-state index >= 15 is 0 Å². The highest BCUT2D eigenvalue weighted by molar-refractivity contribution is 7.89. The minimum atomic E-state index is -3.41. The first-order valence-corrected chi connectivity index (χ1v) is 9.33. The maximum atomic E-state index is 12.9. The van der Waals surface area contributed by atoms with Crippen molar-refractivity contribution >= 4 is 15.7 Å². The van der Waals surface area contributed by atoms with Gasteiger partial charge in [-0.1, -0.05) is 26.3 Å². The van der Waals surface area contributed by atoms with Crippen molar-refractivity contribution in [1.82, 2.24) is 4.31 Å². The molecular weight excluding hydrogens is 284 g/mol. The van der Waals surface area contributed by atoms with Crippen LogP contribution in [0.2, 0.25) is 0 Å². The van der Waals surface area contributed by atoms with Crippen LogP contribution in [0.4, 0.5) is 5.69 Å². The largest absolute Gasteiger partial charge is 0.384 e. The zero-order valence-electron chi connectivity index (χ0n) is 13.2. The van der Waals surface area contributed by atoms with Crippen LogP contribution in [0.5, 0.6) is 0 Å². The molecule has 0 fully saturated rings. The summed E-state index contributed by atoms with van der Waals surface area (Å²) in [5.74, 6) is 0. The maximum absolute atomic E-state index is 12.9. The first kappa shape index (κ1) is 16.3. The molecule has 0 aliphatic carbocycles. The van der Waals surface area contributed by atoms with Gasteiger partial charge in [0.05, 0.1) is 4.90 Å². The SMILES string of the molecule is CCCCN(C(C)CC)S(=O)(=O)c1ccc2c(c1)NCC2. The fraction of sp³-hybridized carbons (Fsp3) is 0.625. The molecule has 118 valence electrons. The Bertz CT molecular complexity index is 584. The third-order valence-electron chi connectivity index (χ3n) is 4.21. The highest BCUT2D eigenvalue weighted by Crippen LogP contribution is 2.28. The minimum absolute atomic E-state index is 0.0303. The van der Waals surface area contributed by atoms with E-state index in [-0.39, 0.29) is 6.04 Å². The molecule has 1 aromatic carbocycles. The van der Waals surface area contributed by atoms with E-state index in [4.69, 9.17) is 0 Å². The molecule has 0 aromatic heterocycles. The highest BCUT2D eigenvalue weighted by Gasteiger charge is 2.28. The van der Waals surface area contributed by atoms with Crippen LogP contribution in [0.3, 0.4) is 0 Å². The summed E-state index contributed by atoms with van der Waals surface area (Å²) in [6, 6.07) is 5.51. The van der Waals surface area contributed by atoms with Gasteiger partial charge in [0.25, 0.3) is 0 Å². The third-order valence-corrected chi connectivity index (χ3v) is 6.22. The number of unbranched alkanes of at least 4 members (excludes halogenated alkanes) is 1. The van der Waals surface area contributed by atoms with E-state index in [0.717, 1.165) is 37.9 Å². The second-order valence-corrected chi connectivity index (χ2v) is 7.61. The van der Waals surface area contributed by atoms with E-state index in [1.165, 1.54) is 5.56 Å². The van der Waals surface area contributed by atoms with Crippen LogP contribution >= 0.6 is 0 Å². The maximum Gasteiger partial charge on any atom is 0.243 e. The van der Waals surface area contributed by atoms with E-state index in [1.54, 1.807) is 16.4 Å². The van der Waals surface area contributed by atoms with Crippen molar-refractivity contribution in [2.75, 3.05) is 18.4 Å². The summed E-state index contributed by atoms with van der Waals surface area (Å²) < 4.78 is 27.5. The zero-order valence-corrected chi connectivity index (χ0v) is 14.0. The van der Waals surface area contributed by atoms with Crippen LogP contribution in [0.1, 0.15) is 45.6 Å². The number of hydrogen-bond acceptors (Lipinski definition) is 3. The van der Waals surface area contributed by atoms with Gasteiger partial charge in [0, 0.05) is 24.8 Å². The average molecular weight is 310 g/mol. The van der Waals surface area contributed by atoms with Crippen LogP contribution in [-0.4, -0.2) is 31.9 Å². The fourth-order valence-electron chi connectivity index (χ4n) is 2.66. The predicted molar refractivity (Wildman–Crippen MR) is 87.2 cm³/mol. The zero-order chi connectivity index (χ0) is 15.5. The van der Waals surface area contributed by atoms with Crippen molar-refractivity contribution in [3.8, 4) is 0 Å². The average Bonchev–Trinajstić information content (AvgIpc) is 2.94.